The minimum absolute atomic E-state index is 0.186. The van der Waals surface area contributed by atoms with Crippen LogP contribution in [0.5, 0.6) is 0 Å². The molecule has 0 aromatic heterocycles. The van der Waals surface area contributed by atoms with Crippen molar-refractivity contribution in [1.82, 2.24) is 9.62 Å². The van der Waals surface area contributed by atoms with Gasteiger partial charge in [-0.05, 0) is 12.8 Å². The van der Waals surface area contributed by atoms with Gasteiger partial charge in [-0.3, -0.25) is 0 Å². The first-order valence-corrected chi connectivity index (χ1v) is 6.25. The van der Waals surface area contributed by atoms with E-state index < -0.39 is 10.2 Å². The molecule has 0 saturated carbocycles. The van der Waals surface area contributed by atoms with E-state index in [2.05, 4.69) is 5.32 Å². The van der Waals surface area contributed by atoms with Crippen LogP contribution in [0.2, 0.25) is 0 Å². The number of rotatable bonds is 4. The molecule has 1 heterocycles. The monoisotopic (exact) mass is 222 g/mol. The van der Waals surface area contributed by atoms with Crippen LogP contribution in [-0.4, -0.2) is 44.9 Å². The van der Waals surface area contributed by atoms with Crippen LogP contribution in [0, 0.1) is 0 Å². The maximum absolute atomic E-state index is 11.1. The van der Waals surface area contributed by atoms with Crippen LogP contribution in [0.15, 0.2) is 0 Å². The molecule has 7 heteroatoms. The SMILES string of the molecule is NCCNC1CCCN(S(N)(=O)=O)C1. The molecule has 1 rings (SSSR count). The topological polar surface area (TPSA) is 101 Å². The molecule has 0 aromatic rings. The Morgan fingerprint density at radius 2 is 2.21 bits per heavy atom. The highest BCUT2D eigenvalue weighted by atomic mass is 32.2. The molecule has 1 aliphatic rings. The fourth-order valence-electron chi connectivity index (χ4n) is 1.63. The molecule has 1 aliphatic heterocycles. The van der Waals surface area contributed by atoms with Gasteiger partial charge in [-0.25, -0.2) is 5.14 Å². The van der Waals surface area contributed by atoms with Crippen molar-refractivity contribution in [2.24, 2.45) is 10.9 Å². The van der Waals surface area contributed by atoms with Crippen molar-refractivity contribution in [2.45, 2.75) is 18.9 Å². The summed E-state index contributed by atoms with van der Waals surface area (Å²) >= 11 is 0. The largest absolute Gasteiger partial charge is 0.329 e. The van der Waals surface area contributed by atoms with Gasteiger partial charge in [-0.2, -0.15) is 12.7 Å². The highest BCUT2D eigenvalue weighted by Gasteiger charge is 2.25. The van der Waals surface area contributed by atoms with Crippen molar-refractivity contribution in [3.05, 3.63) is 0 Å². The second kappa shape index (κ2) is 5.04. The van der Waals surface area contributed by atoms with Gasteiger partial charge in [0.25, 0.3) is 10.2 Å². The van der Waals surface area contributed by atoms with E-state index in [0.29, 0.717) is 26.2 Å². The van der Waals surface area contributed by atoms with E-state index in [0.717, 1.165) is 12.8 Å². The first-order valence-electron chi connectivity index (χ1n) is 4.75. The molecule has 1 unspecified atom stereocenters. The molecule has 1 atom stereocenters. The maximum atomic E-state index is 11.1. The van der Waals surface area contributed by atoms with Gasteiger partial charge in [-0.1, -0.05) is 0 Å². The molecule has 14 heavy (non-hydrogen) atoms. The molecule has 0 bridgehead atoms. The van der Waals surface area contributed by atoms with Crippen LogP contribution in [0.25, 0.3) is 0 Å². The fourth-order valence-corrected chi connectivity index (χ4v) is 2.40. The van der Waals surface area contributed by atoms with Crippen molar-refractivity contribution < 1.29 is 8.42 Å². The minimum atomic E-state index is -3.52. The van der Waals surface area contributed by atoms with Crippen molar-refractivity contribution in [3.63, 3.8) is 0 Å². The molecule has 0 radical (unpaired) electrons. The molecule has 0 aliphatic carbocycles. The number of hydrogen-bond donors (Lipinski definition) is 3. The Morgan fingerprint density at radius 3 is 2.79 bits per heavy atom. The molecule has 1 fully saturated rings. The highest BCUT2D eigenvalue weighted by Crippen LogP contribution is 2.11. The van der Waals surface area contributed by atoms with E-state index in [9.17, 15) is 8.42 Å². The molecular weight excluding hydrogens is 204 g/mol. The Morgan fingerprint density at radius 1 is 1.50 bits per heavy atom. The lowest BCUT2D eigenvalue weighted by Gasteiger charge is -2.30. The van der Waals surface area contributed by atoms with E-state index in [4.69, 9.17) is 10.9 Å². The fraction of sp³-hybridized carbons (Fsp3) is 1.00. The van der Waals surface area contributed by atoms with Crippen molar-refractivity contribution in [2.75, 3.05) is 26.2 Å². The lowest BCUT2D eigenvalue weighted by Crippen LogP contribution is -2.50. The second-order valence-corrected chi connectivity index (χ2v) is 5.03. The summed E-state index contributed by atoms with van der Waals surface area (Å²) in [5, 5.41) is 8.23. The zero-order chi connectivity index (χ0) is 10.6. The maximum Gasteiger partial charge on any atom is 0.276 e. The molecule has 0 amide bonds. The van der Waals surface area contributed by atoms with E-state index >= 15 is 0 Å². The Balaban J connectivity index is 2.44. The van der Waals surface area contributed by atoms with E-state index in [1.807, 2.05) is 0 Å². The van der Waals surface area contributed by atoms with Gasteiger partial charge in [0.15, 0.2) is 0 Å². The number of nitrogens with one attached hydrogen (secondary N) is 1. The summed E-state index contributed by atoms with van der Waals surface area (Å²) in [5.41, 5.74) is 5.35. The summed E-state index contributed by atoms with van der Waals surface area (Å²) in [6, 6.07) is 0.186. The second-order valence-electron chi connectivity index (χ2n) is 3.48. The van der Waals surface area contributed by atoms with Gasteiger partial charge in [0.2, 0.25) is 0 Å². The van der Waals surface area contributed by atoms with E-state index in [-0.39, 0.29) is 6.04 Å². The standard InChI is InChI=1S/C7H18N4O2S/c8-3-4-10-7-2-1-5-11(6-7)14(9,12)13/h7,10H,1-6,8H2,(H2,9,12,13). The number of nitrogens with two attached hydrogens (primary N) is 2. The summed E-state index contributed by atoms with van der Waals surface area (Å²) in [4.78, 5) is 0. The van der Waals surface area contributed by atoms with Crippen LogP contribution in [-0.2, 0) is 10.2 Å². The first-order chi connectivity index (χ1) is 6.54. The molecule has 1 saturated heterocycles. The van der Waals surface area contributed by atoms with Crippen molar-refractivity contribution in [1.29, 1.82) is 0 Å². The van der Waals surface area contributed by atoms with Gasteiger partial charge in [-0.15, -0.1) is 0 Å². The van der Waals surface area contributed by atoms with E-state index in [1.165, 1.54) is 4.31 Å². The van der Waals surface area contributed by atoms with Crippen LogP contribution in [0.1, 0.15) is 12.8 Å². The Labute approximate surface area is 84.8 Å². The lowest BCUT2D eigenvalue weighted by atomic mass is 10.1. The molecule has 6 nitrogen and oxygen atoms in total. The summed E-state index contributed by atoms with van der Waals surface area (Å²) in [6.07, 6.45) is 1.82. The number of hydrogen-bond acceptors (Lipinski definition) is 4. The Kier molecular flexibility index (Phi) is 4.27. The van der Waals surface area contributed by atoms with Crippen molar-refractivity contribution >= 4 is 10.2 Å². The zero-order valence-electron chi connectivity index (χ0n) is 8.15. The third-order valence-corrected chi connectivity index (χ3v) is 3.37. The average Bonchev–Trinajstić information content (AvgIpc) is 2.14. The van der Waals surface area contributed by atoms with Crippen molar-refractivity contribution in [3.8, 4) is 0 Å². The summed E-state index contributed by atoms with van der Waals surface area (Å²) in [7, 11) is -3.52. The molecule has 5 N–H and O–H groups in total. The molecule has 0 aromatic carbocycles. The summed E-state index contributed by atoms with van der Waals surface area (Å²) in [5.74, 6) is 0. The first kappa shape index (κ1) is 11.9. The quantitative estimate of drug-likeness (QED) is 0.522. The third-order valence-electron chi connectivity index (χ3n) is 2.32. The average molecular weight is 222 g/mol. The minimum Gasteiger partial charge on any atom is -0.329 e. The zero-order valence-corrected chi connectivity index (χ0v) is 8.96. The summed E-state index contributed by atoms with van der Waals surface area (Å²) in [6.45, 7) is 2.26. The number of nitrogens with zero attached hydrogens (tertiary/aromatic N) is 1. The molecular formula is C7H18N4O2S. The summed E-state index contributed by atoms with van der Waals surface area (Å²) < 4.78 is 23.4. The van der Waals surface area contributed by atoms with E-state index in [1.54, 1.807) is 0 Å². The smallest absolute Gasteiger partial charge is 0.276 e. The van der Waals surface area contributed by atoms with Gasteiger partial charge < -0.3 is 11.1 Å². The third kappa shape index (κ3) is 3.50. The van der Waals surface area contributed by atoms with Crippen LogP contribution >= 0.6 is 0 Å². The normalized spacial score (nSPS) is 25.1. The Hall–Kier alpha value is -0.210. The van der Waals surface area contributed by atoms with Gasteiger partial charge in [0.1, 0.15) is 0 Å². The van der Waals surface area contributed by atoms with Gasteiger partial charge >= 0.3 is 0 Å². The van der Waals surface area contributed by atoms with Crippen LogP contribution in [0.4, 0.5) is 0 Å². The number of piperidine rings is 1. The lowest BCUT2D eigenvalue weighted by molar-refractivity contribution is 0.285. The predicted molar refractivity (Wildman–Crippen MR) is 54.8 cm³/mol. The highest BCUT2D eigenvalue weighted by molar-refractivity contribution is 7.86. The van der Waals surface area contributed by atoms with Crippen LogP contribution < -0.4 is 16.2 Å². The predicted octanol–water partition coefficient (Wildman–Crippen LogP) is -1.80. The van der Waals surface area contributed by atoms with Crippen LogP contribution in [0.3, 0.4) is 0 Å². The Bertz CT molecular complexity index is 267. The molecule has 84 valence electrons. The molecule has 0 spiro atoms. The van der Waals surface area contributed by atoms with Gasteiger partial charge in [0.05, 0.1) is 0 Å². The van der Waals surface area contributed by atoms with Gasteiger partial charge in [0, 0.05) is 32.2 Å².